The zero-order valence-electron chi connectivity index (χ0n) is 8.18. The van der Waals surface area contributed by atoms with Crippen LogP contribution >= 0.6 is 0 Å². The van der Waals surface area contributed by atoms with E-state index in [0.717, 1.165) is 6.42 Å². The van der Waals surface area contributed by atoms with Crippen LogP contribution in [0.15, 0.2) is 0 Å². The molecule has 1 unspecified atom stereocenters. The third kappa shape index (κ3) is 2.80. The monoisotopic (exact) mass is 160 g/mol. The molecule has 2 N–H and O–H groups in total. The van der Waals surface area contributed by atoms with Gasteiger partial charge >= 0.3 is 0 Å². The summed E-state index contributed by atoms with van der Waals surface area (Å²) in [6.07, 6.45) is 0.193. The Morgan fingerprint density at radius 2 is 1.55 bits per heavy atom. The van der Waals surface area contributed by atoms with Gasteiger partial charge in [-0.3, -0.25) is 0 Å². The first-order valence-corrected chi connectivity index (χ1v) is 4.12. The van der Waals surface area contributed by atoms with Crippen LogP contribution in [0, 0.1) is 5.41 Å². The standard InChI is InChI=1S/C9H20O2/c1-6-8(2,3)7(10)9(4,5)11/h7,10-11H,6H2,1-5H3. The lowest BCUT2D eigenvalue weighted by atomic mass is 9.77. The van der Waals surface area contributed by atoms with Crippen LogP contribution in [0.1, 0.15) is 41.0 Å². The molecule has 11 heavy (non-hydrogen) atoms. The summed E-state index contributed by atoms with van der Waals surface area (Å²) in [7, 11) is 0. The number of hydrogen-bond acceptors (Lipinski definition) is 2. The van der Waals surface area contributed by atoms with Gasteiger partial charge in [0.15, 0.2) is 0 Å². The molecule has 0 aliphatic rings. The molecule has 0 bridgehead atoms. The van der Waals surface area contributed by atoms with Crippen molar-refractivity contribution in [2.45, 2.75) is 52.7 Å². The molecule has 0 aliphatic carbocycles. The van der Waals surface area contributed by atoms with Crippen molar-refractivity contribution in [3.63, 3.8) is 0 Å². The van der Waals surface area contributed by atoms with E-state index in [4.69, 9.17) is 0 Å². The number of aliphatic hydroxyl groups excluding tert-OH is 1. The third-order valence-electron chi connectivity index (χ3n) is 2.32. The molecule has 68 valence electrons. The van der Waals surface area contributed by atoms with Crippen molar-refractivity contribution in [1.29, 1.82) is 0 Å². The van der Waals surface area contributed by atoms with Gasteiger partial charge in [0.05, 0.1) is 11.7 Å². The first kappa shape index (κ1) is 10.9. The smallest absolute Gasteiger partial charge is 0.0872 e. The molecule has 0 spiro atoms. The Morgan fingerprint density at radius 3 is 1.64 bits per heavy atom. The summed E-state index contributed by atoms with van der Waals surface area (Å²) >= 11 is 0. The maximum atomic E-state index is 9.66. The van der Waals surface area contributed by atoms with Gasteiger partial charge in [0, 0.05) is 0 Å². The maximum absolute atomic E-state index is 9.66. The van der Waals surface area contributed by atoms with Crippen LogP contribution in [0.3, 0.4) is 0 Å². The van der Waals surface area contributed by atoms with Gasteiger partial charge in [-0.2, -0.15) is 0 Å². The Bertz CT molecular complexity index is 122. The Kier molecular flexibility index (Phi) is 3.09. The van der Waals surface area contributed by atoms with Crippen LogP contribution in [0.2, 0.25) is 0 Å². The van der Waals surface area contributed by atoms with Crippen molar-refractivity contribution in [2.24, 2.45) is 5.41 Å². The molecule has 0 fully saturated rings. The quantitative estimate of drug-likeness (QED) is 0.657. The summed E-state index contributed by atoms with van der Waals surface area (Å²) in [4.78, 5) is 0. The molecule has 0 radical (unpaired) electrons. The highest BCUT2D eigenvalue weighted by Crippen LogP contribution is 2.31. The van der Waals surface area contributed by atoms with Crippen molar-refractivity contribution in [3.05, 3.63) is 0 Å². The molecule has 1 atom stereocenters. The lowest BCUT2D eigenvalue weighted by Crippen LogP contribution is -2.45. The fourth-order valence-corrected chi connectivity index (χ4v) is 1.15. The maximum Gasteiger partial charge on any atom is 0.0872 e. The minimum absolute atomic E-state index is 0.210. The van der Waals surface area contributed by atoms with Crippen molar-refractivity contribution in [3.8, 4) is 0 Å². The normalized spacial score (nSPS) is 16.6. The highest BCUT2D eigenvalue weighted by molar-refractivity contribution is 4.87. The molecule has 0 rings (SSSR count). The summed E-state index contributed by atoms with van der Waals surface area (Å²) in [5, 5.41) is 19.2. The van der Waals surface area contributed by atoms with E-state index in [1.807, 2.05) is 20.8 Å². The zero-order chi connectivity index (χ0) is 9.28. The van der Waals surface area contributed by atoms with Crippen LogP contribution < -0.4 is 0 Å². The molecule has 0 aromatic rings. The predicted octanol–water partition coefficient (Wildman–Crippen LogP) is 1.55. The van der Waals surface area contributed by atoms with E-state index in [1.54, 1.807) is 13.8 Å². The second-order valence-electron chi connectivity index (χ2n) is 4.40. The topological polar surface area (TPSA) is 40.5 Å². The lowest BCUT2D eigenvalue weighted by molar-refractivity contribution is -0.105. The fourth-order valence-electron chi connectivity index (χ4n) is 1.15. The summed E-state index contributed by atoms with van der Waals surface area (Å²) in [6.45, 7) is 9.18. The molecule has 2 heteroatoms. The van der Waals surface area contributed by atoms with Crippen LogP contribution in [-0.2, 0) is 0 Å². The molecule has 0 saturated heterocycles. The number of hydrogen-bond donors (Lipinski definition) is 2. The van der Waals surface area contributed by atoms with E-state index in [-0.39, 0.29) is 5.41 Å². The molecule has 0 aromatic carbocycles. The average Bonchev–Trinajstić information content (AvgIpc) is 1.84. The Labute approximate surface area is 69.2 Å². The van der Waals surface area contributed by atoms with Crippen molar-refractivity contribution >= 4 is 0 Å². The van der Waals surface area contributed by atoms with E-state index >= 15 is 0 Å². The van der Waals surface area contributed by atoms with Crippen molar-refractivity contribution in [1.82, 2.24) is 0 Å². The van der Waals surface area contributed by atoms with Gasteiger partial charge < -0.3 is 10.2 Å². The summed E-state index contributed by atoms with van der Waals surface area (Å²) in [5.74, 6) is 0. The van der Waals surface area contributed by atoms with E-state index < -0.39 is 11.7 Å². The van der Waals surface area contributed by atoms with E-state index in [0.29, 0.717) is 0 Å². The largest absolute Gasteiger partial charge is 0.390 e. The second kappa shape index (κ2) is 3.11. The third-order valence-corrected chi connectivity index (χ3v) is 2.32. The van der Waals surface area contributed by atoms with Crippen LogP contribution in [0.5, 0.6) is 0 Å². The molecule has 0 aromatic heterocycles. The highest BCUT2D eigenvalue weighted by Gasteiger charge is 2.36. The molecule has 0 aliphatic heterocycles. The minimum atomic E-state index is -1.00. The SMILES string of the molecule is CCC(C)(C)C(O)C(C)(C)O. The minimum Gasteiger partial charge on any atom is -0.390 e. The van der Waals surface area contributed by atoms with Crippen LogP contribution in [0.25, 0.3) is 0 Å². The molecule has 2 nitrogen and oxygen atoms in total. The van der Waals surface area contributed by atoms with Crippen molar-refractivity contribution < 1.29 is 10.2 Å². The lowest BCUT2D eigenvalue weighted by Gasteiger charge is -2.37. The predicted molar refractivity (Wildman–Crippen MR) is 46.4 cm³/mol. The van der Waals surface area contributed by atoms with Gasteiger partial charge in [0.25, 0.3) is 0 Å². The Balaban J connectivity index is 4.35. The average molecular weight is 160 g/mol. The molecular formula is C9H20O2. The highest BCUT2D eigenvalue weighted by atomic mass is 16.3. The summed E-state index contributed by atoms with van der Waals surface area (Å²) in [5.41, 5.74) is -1.21. The van der Waals surface area contributed by atoms with Crippen molar-refractivity contribution in [2.75, 3.05) is 0 Å². The van der Waals surface area contributed by atoms with Gasteiger partial charge in [-0.25, -0.2) is 0 Å². The number of aliphatic hydroxyl groups is 2. The Morgan fingerprint density at radius 1 is 1.18 bits per heavy atom. The molecule has 0 saturated carbocycles. The zero-order valence-corrected chi connectivity index (χ0v) is 8.18. The fraction of sp³-hybridized carbons (Fsp3) is 1.00. The van der Waals surface area contributed by atoms with E-state index in [2.05, 4.69) is 0 Å². The van der Waals surface area contributed by atoms with E-state index in [1.165, 1.54) is 0 Å². The first-order valence-electron chi connectivity index (χ1n) is 4.12. The van der Waals surface area contributed by atoms with Gasteiger partial charge in [-0.05, 0) is 25.7 Å². The molecular weight excluding hydrogens is 140 g/mol. The van der Waals surface area contributed by atoms with Gasteiger partial charge in [-0.1, -0.05) is 20.8 Å². The van der Waals surface area contributed by atoms with E-state index in [9.17, 15) is 10.2 Å². The van der Waals surface area contributed by atoms with Gasteiger partial charge in [0.2, 0.25) is 0 Å². The van der Waals surface area contributed by atoms with Crippen LogP contribution in [-0.4, -0.2) is 21.9 Å². The number of rotatable bonds is 3. The molecule has 0 heterocycles. The summed E-state index contributed by atoms with van der Waals surface area (Å²) < 4.78 is 0. The van der Waals surface area contributed by atoms with Crippen LogP contribution in [0.4, 0.5) is 0 Å². The first-order chi connectivity index (χ1) is 4.72. The van der Waals surface area contributed by atoms with Gasteiger partial charge in [-0.15, -0.1) is 0 Å². The Hall–Kier alpha value is -0.0800. The second-order valence-corrected chi connectivity index (χ2v) is 4.40. The molecule has 0 amide bonds. The van der Waals surface area contributed by atoms with Gasteiger partial charge in [0.1, 0.15) is 0 Å². The summed E-state index contributed by atoms with van der Waals surface area (Å²) in [6, 6.07) is 0.